The van der Waals surface area contributed by atoms with E-state index in [0.717, 1.165) is 43.5 Å². The van der Waals surface area contributed by atoms with Gasteiger partial charge in [-0.25, -0.2) is 4.79 Å². The number of hydrogen-bond acceptors (Lipinski definition) is 3. The number of methoxy groups -OCH3 is 1. The molecule has 0 aromatic heterocycles. The lowest BCUT2D eigenvalue weighted by atomic mass is 9.97. The van der Waals surface area contributed by atoms with E-state index in [1.165, 1.54) is 0 Å². The second kappa shape index (κ2) is 6.66. The predicted octanol–water partition coefficient (Wildman–Crippen LogP) is 5.06. The van der Waals surface area contributed by atoms with Gasteiger partial charge in [0.1, 0.15) is 5.75 Å². The van der Waals surface area contributed by atoms with Crippen LogP contribution in [0.4, 0.5) is 26.3 Å². The van der Waals surface area contributed by atoms with Crippen molar-refractivity contribution in [1.29, 1.82) is 0 Å². The molecule has 0 heterocycles. The molecule has 0 radical (unpaired) electrons. The third-order valence-corrected chi connectivity index (χ3v) is 3.14. The molecule has 2 aromatic carbocycles. The van der Waals surface area contributed by atoms with Crippen LogP contribution >= 0.6 is 0 Å². The first kappa shape index (κ1) is 18.6. The Morgan fingerprint density at radius 1 is 0.920 bits per heavy atom. The molecule has 9 heteroatoms. The highest BCUT2D eigenvalue weighted by Gasteiger charge is 2.35. The van der Waals surface area contributed by atoms with E-state index in [9.17, 15) is 31.1 Å². The summed E-state index contributed by atoms with van der Waals surface area (Å²) < 4.78 is 84.2. The van der Waals surface area contributed by atoms with Gasteiger partial charge >= 0.3 is 18.5 Å². The molecule has 0 atom stereocenters. The van der Waals surface area contributed by atoms with Crippen molar-refractivity contribution in [2.45, 2.75) is 12.5 Å². The molecule has 0 N–H and O–H groups in total. The topological polar surface area (TPSA) is 35.5 Å². The van der Waals surface area contributed by atoms with Crippen molar-refractivity contribution in [3.63, 3.8) is 0 Å². The molecule has 2 aromatic rings. The fourth-order valence-electron chi connectivity index (χ4n) is 2.11. The quantitative estimate of drug-likeness (QED) is 0.564. The van der Waals surface area contributed by atoms with Gasteiger partial charge in [0.15, 0.2) is 0 Å². The maximum Gasteiger partial charge on any atom is 0.573 e. The van der Waals surface area contributed by atoms with Crippen molar-refractivity contribution in [3.8, 4) is 16.9 Å². The molecule has 2 rings (SSSR count). The van der Waals surface area contributed by atoms with Crippen LogP contribution in [0.25, 0.3) is 11.1 Å². The molecule has 0 fully saturated rings. The molecule has 0 aliphatic heterocycles. The van der Waals surface area contributed by atoms with Gasteiger partial charge in [0.05, 0.1) is 18.2 Å². The minimum atomic E-state index is -4.90. The molecule has 134 valence electrons. The summed E-state index contributed by atoms with van der Waals surface area (Å²) in [4.78, 5) is 11.4. The van der Waals surface area contributed by atoms with Crippen LogP contribution in [0, 0.1) is 0 Å². The van der Waals surface area contributed by atoms with Gasteiger partial charge in [0.25, 0.3) is 0 Å². The summed E-state index contributed by atoms with van der Waals surface area (Å²) in [7, 11) is 1.03. The zero-order valence-corrected chi connectivity index (χ0v) is 12.5. The smallest absolute Gasteiger partial charge is 0.465 e. The Balaban J connectivity index is 2.46. The molecular formula is C16H10F6O3. The molecule has 0 saturated heterocycles. The Bertz CT molecular complexity index is 763. The van der Waals surface area contributed by atoms with Crippen molar-refractivity contribution < 1.29 is 40.6 Å². The van der Waals surface area contributed by atoms with Gasteiger partial charge in [0, 0.05) is 0 Å². The normalized spacial score (nSPS) is 12.0. The average Bonchev–Trinajstić information content (AvgIpc) is 2.52. The lowest BCUT2D eigenvalue weighted by molar-refractivity contribution is -0.274. The second-order valence-electron chi connectivity index (χ2n) is 4.82. The molecule has 0 saturated carbocycles. The van der Waals surface area contributed by atoms with Gasteiger partial charge in [-0.3, -0.25) is 0 Å². The first-order valence-electron chi connectivity index (χ1n) is 6.67. The minimum absolute atomic E-state index is 0.0123. The first-order chi connectivity index (χ1) is 11.5. The van der Waals surface area contributed by atoms with Crippen molar-refractivity contribution in [3.05, 3.63) is 53.6 Å². The average molecular weight is 364 g/mol. The van der Waals surface area contributed by atoms with E-state index in [1.807, 2.05) is 0 Å². The van der Waals surface area contributed by atoms with E-state index >= 15 is 0 Å². The zero-order chi connectivity index (χ0) is 18.8. The van der Waals surface area contributed by atoms with Crippen LogP contribution in [0.1, 0.15) is 15.9 Å². The van der Waals surface area contributed by atoms with Crippen molar-refractivity contribution >= 4 is 5.97 Å². The molecular weight excluding hydrogens is 354 g/mol. The van der Waals surface area contributed by atoms with Crippen LogP contribution in [0.15, 0.2) is 42.5 Å². The number of benzene rings is 2. The molecule has 3 nitrogen and oxygen atoms in total. The van der Waals surface area contributed by atoms with Crippen molar-refractivity contribution in [1.82, 2.24) is 0 Å². The molecule has 0 spiro atoms. The minimum Gasteiger partial charge on any atom is -0.465 e. The maximum atomic E-state index is 13.3. The summed E-state index contributed by atoms with van der Waals surface area (Å²) in [5, 5.41) is 0. The predicted molar refractivity (Wildman–Crippen MR) is 74.9 cm³/mol. The highest BCUT2D eigenvalue weighted by atomic mass is 19.4. The number of ether oxygens (including phenoxy) is 2. The lowest BCUT2D eigenvalue weighted by Crippen LogP contribution is -2.17. The van der Waals surface area contributed by atoms with E-state index < -0.39 is 29.8 Å². The Hall–Kier alpha value is -2.71. The highest BCUT2D eigenvalue weighted by molar-refractivity contribution is 5.90. The van der Waals surface area contributed by atoms with Crippen molar-refractivity contribution in [2.24, 2.45) is 0 Å². The number of hydrogen-bond donors (Lipinski definition) is 0. The third kappa shape index (κ3) is 4.65. The van der Waals surface area contributed by atoms with Gasteiger partial charge in [0.2, 0.25) is 0 Å². The van der Waals surface area contributed by atoms with E-state index in [4.69, 9.17) is 0 Å². The molecule has 0 amide bonds. The Labute approximate surface area is 137 Å². The van der Waals surface area contributed by atoms with Crippen LogP contribution in [0.2, 0.25) is 0 Å². The monoisotopic (exact) mass is 364 g/mol. The highest BCUT2D eigenvalue weighted by Crippen LogP contribution is 2.38. The number of alkyl halides is 6. The lowest BCUT2D eigenvalue weighted by Gasteiger charge is -2.15. The summed E-state index contributed by atoms with van der Waals surface area (Å²) in [6.07, 6.45) is -9.68. The molecule has 25 heavy (non-hydrogen) atoms. The number of carbonyl (C=O) groups excluding carboxylic acids is 1. The summed E-state index contributed by atoms with van der Waals surface area (Å²) in [5.41, 5.74) is -1.69. The maximum absolute atomic E-state index is 13.3. The third-order valence-electron chi connectivity index (χ3n) is 3.14. The van der Waals surface area contributed by atoms with Crippen LogP contribution in [-0.4, -0.2) is 19.4 Å². The number of carbonyl (C=O) groups is 1. The van der Waals surface area contributed by atoms with Gasteiger partial charge in [-0.1, -0.05) is 18.2 Å². The molecule has 0 bridgehead atoms. The van der Waals surface area contributed by atoms with Gasteiger partial charge in [-0.2, -0.15) is 13.2 Å². The first-order valence-corrected chi connectivity index (χ1v) is 6.67. The zero-order valence-electron chi connectivity index (χ0n) is 12.5. The standard InChI is InChI=1S/C16H10F6O3/c1-24-14(23)10-4-7-12(13(8-10)15(17,18)19)9-2-5-11(6-3-9)25-16(20,21)22/h2-8H,1H3. The number of halogens is 6. The van der Waals surface area contributed by atoms with Crippen LogP contribution in [0.5, 0.6) is 5.75 Å². The Kier molecular flexibility index (Phi) is 4.96. The second-order valence-corrected chi connectivity index (χ2v) is 4.82. The molecule has 0 unspecified atom stereocenters. The summed E-state index contributed by atoms with van der Waals surface area (Å²) in [6, 6.07) is 6.73. The van der Waals surface area contributed by atoms with Crippen LogP contribution < -0.4 is 4.74 Å². The van der Waals surface area contributed by atoms with Crippen LogP contribution in [0.3, 0.4) is 0 Å². The van der Waals surface area contributed by atoms with Gasteiger partial charge < -0.3 is 9.47 Å². The van der Waals surface area contributed by atoms with E-state index in [0.29, 0.717) is 6.07 Å². The van der Waals surface area contributed by atoms with Gasteiger partial charge in [-0.05, 0) is 35.4 Å². The summed E-state index contributed by atoms with van der Waals surface area (Å²) in [5.74, 6) is -1.50. The van der Waals surface area contributed by atoms with E-state index in [-0.39, 0.29) is 16.7 Å². The van der Waals surface area contributed by atoms with E-state index in [1.54, 1.807) is 0 Å². The van der Waals surface area contributed by atoms with Crippen molar-refractivity contribution in [2.75, 3.05) is 7.11 Å². The SMILES string of the molecule is COC(=O)c1ccc(-c2ccc(OC(F)(F)F)cc2)c(C(F)(F)F)c1. The van der Waals surface area contributed by atoms with Gasteiger partial charge in [-0.15, -0.1) is 13.2 Å². The summed E-state index contributed by atoms with van der Waals surface area (Å²) in [6.45, 7) is 0. The molecule has 0 aliphatic rings. The number of esters is 1. The Morgan fingerprint density at radius 2 is 1.52 bits per heavy atom. The fraction of sp³-hybridized carbons (Fsp3) is 0.188. The largest absolute Gasteiger partial charge is 0.573 e. The summed E-state index contributed by atoms with van der Waals surface area (Å²) >= 11 is 0. The Morgan fingerprint density at radius 3 is 2.00 bits per heavy atom. The van der Waals surface area contributed by atoms with Crippen LogP contribution in [-0.2, 0) is 10.9 Å². The number of rotatable bonds is 3. The van der Waals surface area contributed by atoms with E-state index in [2.05, 4.69) is 9.47 Å². The molecule has 0 aliphatic carbocycles. The fourth-order valence-corrected chi connectivity index (χ4v) is 2.11.